The van der Waals surface area contributed by atoms with Crippen LogP contribution in [0.25, 0.3) is 17.3 Å². The zero-order chi connectivity index (χ0) is 14.5. The van der Waals surface area contributed by atoms with Gasteiger partial charge in [-0.15, -0.1) is 0 Å². The van der Waals surface area contributed by atoms with Gasteiger partial charge in [-0.1, -0.05) is 24.3 Å². The van der Waals surface area contributed by atoms with Crippen molar-refractivity contribution in [3.05, 3.63) is 47.9 Å². The molecule has 2 aromatic rings. The van der Waals surface area contributed by atoms with Gasteiger partial charge in [0.2, 0.25) is 0 Å². The van der Waals surface area contributed by atoms with Crippen LogP contribution in [-0.2, 0) is 0 Å². The summed E-state index contributed by atoms with van der Waals surface area (Å²) in [6.07, 6.45) is 5.03. The molecule has 0 aromatic carbocycles. The Balaban J connectivity index is 2.34. The number of rotatable bonds is 5. The molecular weight excluding hydrogens is 274 g/mol. The number of ether oxygens (including phenoxy) is 1. The predicted molar refractivity (Wildman–Crippen MR) is 81.7 cm³/mol. The first-order valence-corrected chi connectivity index (χ1v) is 6.60. The Kier molecular flexibility index (Phi) is 4.71. The van der Waals surface area contributed by atoms with Crippen molar-refractivity contribution in [1.29, 1.82) is 0 Å². The van der Waals surface area contributed by atoms with Crippen LogP contribution in [0, 0.1) is 0 Å². The molecule has 0 saturated heterocycles. The van der Waals surface area contributed by atoms with Gasteiger partial charge in [-0.05, 0) is 30.7 Å². The lowest BCUT2D eigenvalue weighted by atomic mass is 10.1. The van der Waals surface area contributed by atoms with Gasteiger partial charge >= 0.3 is 0 Å². The maximum absolute atomic E-state index is 6.13. The smallest absolute Gasteiger partial charge is 0.138 e. The van der Waals surface area contributed by atoms with Gasteiger partial charge in [0, 0.05) is 17.8 Å². The van der Waals surface area contributed by atoms with Crippen LogP contribution in [0.1, 0.15) is 12.5 Å². The van der Waals surface area contributed by atoms with Crippen molar-refractivity contribution < 1.29 is 4.74 Å². The zero-order valence-corrected chi connectivity index (χ0v) is 12.0. The Hall–Kier alpha value is -1.91. The fraction of sp³-hybridized carbons (Fsp3) is 0.200. The van der Waals surface area contributed by atoms with Gasteiger partial charge in [0.1, 0.15) is 17.5 Å². The number of hydrogen-bond acceptors (Lipinski definition) is 4. The molecule has 0 aliphatic rings. The van der Waals surface area contributed by atoms with E-state index in [1.54, 1.807) is 18.5 Å². The van der Waals surface area contributed by atoms with Crippen LogP contribution in [0.4, 0.5) is 0 Å². The first-order valence-electron chi connectivity index (χ1n) is 6.23. The molecule has 4 nitrogen and oxygen atoms in total. The highest BCUT2D eigenvalue weighted by molar-refractivity contribution is 6.32. The van der Waals surface area contributed by atoms with E-state index in [4.69, 9.17) is 22.1 Å². The van der Waals surface area contributed by atoms with Crippen molar-refractivity contribution in [2.45, 2.75) is 13.0 Å². The van der Waals surface area contributed by atoms with Crippen LogP contribution in [0.15, 0.2) is 37.2 Å². The molecule has 0 aliphatic carbocycles. The third-order valence-corrected chi connectivity index (χ3v) is 2.92. The molecule has 2 heterocycles. The second-order valence-electron chi connectivity index (χ2n) is 4.48. The van der Waals surface area contributed by atoms with Crippen molar-refractivity contribution in [2.75, 3.05) is 6.61 Å². The topological polar surface area (TPSA) is 61.0 Å². The highest BCUT2D eigenvalue weighted by Crippen LogP contribution is 2.28. The van der Waals surface area contributed by atoms with Gasteiger partial charge < -0.3 is 10.5 Å². The molecule has 0 radical (unpaired) electrons. The number of hydrogen-bond donors (Lipinski definition) is 1. The van der Waals surface area contributed by atoms with E-state index in [1.807, 2.05) is 25.1 Å². The minimum absolute atomic E-state index is 0.0450. The fourth-order valence-electron chi connectivity index (χ4n) is 1.64. The highest BCUT2D eigenvalue weighted by Gasteiger charge is 2.09. The summed E-state index contributed by atoms with van der Waals surface area (Å²) in [5, 5.41) is 0.381. The van der Waals surface area contributed by atoms with E-state index in [-0.39, 0.29) is 6.04 Å². The molecule has 20 heavy (non-hydrogen) atoms. The standard InChI is InChI=1S/C15H16ClN3O/c1-3-11-4-5-18-14(6-11)13-7-12(8-19-15(13)16)20-9-10(2)17/h3-8,10H,1,9,17H2,2H3. The molecule has 0 fully saturated rings. The molecule has 0 spiro atoms. The van der Waals surface area contributed by atoms with Gasteiger partial charge in [-0.25, -0.2) is 4.98 Å². The fourth-order valence-corrected chi connectivity index (χ4v) is 1.84. The van der Waals surface area contributed by atoms with Crippen molar-refractivity contribution in [3.63, 3.8) is 0 Å². The van der Waals surface area contributed by atoms with E-state index in [1.165, 1.54) is 0 Å². The van der Waals surface area contributed by atoms with Crippen molar-refractivity contribution in [3.8, 4) is 17.0 Å². The van der Waals surface area contributed by atoms with E-state index in [2.05, 4.69) is 16.5 Å². The first kappa shape index (κ1) is 14.5. The average Bonchev–Trinajstić information content (AvgIpc) is 2.46. The summed E-state index contributed by atoms with van der Waals surface area (Å²) in [6.45, 7) is 6.03. The molecule has 1 unspecified atom stereocenters. The molecule has 0 saturated carbocycles. The van der Waals surface area contributed by atoms with Gasteiger partial charge in [0.05, 0.1) is 11.9 Å². The second kappa shape index (κ2) is 6.50. The van der Waals surface area contributed by atoms with Crippen molar-refractivity contribution >= 4 is 17.7 Å². The summed E-state index contributed by atoms with van der Waals surface area (Å²) in [5.74, 6) is 0.618. The summed E-state index contributed by atoms with van der Waals surface area (Å²) in [6, 6.07) is 5.53. The Morgan fingerprint density at radius 1 is 1.45 bits per heavy atom. The van der Waals surface area contributed by atoms with E-state index < -0.39 is 0 Å². The lowest BCUT2D eigenvalue weighted by Crippen LogP contribution is -2.23. The summed E-state index contributed by atoms with van der Waals surface area (Å²) < 4.78 is 5.55. The minimum atomic E-state index is -0.0450. The Morgan fingerprint density at radius 3 is 2.95 bits per heavy atom. The van der Waals surface area contributed by atoms with Crippen LogP contribution < -0.4 is 10.5 Å². The molecule has 2 N–H and O–H groups in total. The van der Waals surface area contributed by atoms with Gasteiger partial charge in [0.15, 0.2) is 0 Å². The molecule has 2 aromatic heterocycles. The van der Waals surface area contributed by atoms with Crippen LogP contribution in [0.3, 0.4) is 0 Å². The largest absolute Gasteiger partial charge is 0.490 e. The normalized spacial score (nSPS) is 11.9. The number of aromatic nitrogens is 2. The maximum atomic E-state index is 6.13. The number of halogens is 1. The van der Waals surface area contributed by atoms with Crippen LogP contribution in [0.2, 0.25) is 5.15 Å². The molecule has 2 rings (SSSR count). The van der Waals surface area contributed by atoms with E-state index in [9.17, 15) is 0 Å². The SMILES string of the molecule is C=Cc1ccnc(-c2cc(OCC(C)N)cnc2Cl)c1. The van der Waals surface area contributed by atoms with Crippen molar-refractivity contribution in [2.24, 2.45) is 5.73 Å². The van der Waals surface area contributed by atoms with E-state index in [0.717, 1.165) is 16.8 Å². The van der Waals surface area contributed by atoms with Crippen LogP contribution in [-0.4, -0.2) is 22.6 Å². The minimum Gasteiger partial charge on any atom is -0.490 e. The zero-order valence-electron chi connectivity index (χ0n) is 11.2. The maximum Gasteiger partial charge on any atom is 0.138 e. The molecule has 104 valence electrons. The molecular formula is C15H16ClN3O. The summed E-state index contributed by atoms with van der Waals surface area (Å²) in [5.41, 5.74) is 8.08. The monoisotopic (exact) mass is 289 g/mol. The summed E-state index contributed by atoms with van der Waals surface area (Å²) in [7, 11) is 0. The lowest BCUT2D eigenvalue weighted by Gasteiger charge is -2.10. The quantitative estimate of drug-likeness (QED) is 0.859. The van der Waals surface area contributed by atoms with Gasteiger partial charge in [-0.2, -0.15) is 0 Å². The third kappa shape index (κ3) is 3.56. The molecule has 5 heteroatoms. The summed E-state index contributed by atoms with van der Waals surface area (Å²) >= 11 is 6.13. The Bertz CT molecular complexity index is 614. The van der Waals surface area contributed by atoms with E-state index in [0.29, 0.717) is 17.5 Å². The highest BCUT2D eigenvalue weighted by atomic mass is 35.5. The number of nitrogens with zero attached hydrogens (tertiary/aromatic N) is 2. The first-order chi connectivity index (χ1) is 9.60. The second-order valence-corrected chi connectivity index (χ2v) is 4.83. The average molecular weight is 290 g/mol. The van der Waals surface area contributed by atoms with Crippen LogP contribution >= 0.6 is 11.6 Å². The number of nitrogens with two attached hydrogens (primary N) is 1. The third-order valence-electron chi connectivity index (χ3n) is 2.62. The Labute approximate surface area is 123 Å². The number of pyridine rings is 2. The molecule has 0 aliphatic heterocycles. The Morgan fingerprint density at radius 2 is 2.25 bits per heavy atom. The molecule has 1 atom stereocenters. The van der Waals surface area contributed by atoms with Crippen LogP contribution in [0.5, 0.6) is 5.75 Å². The molecule has 0 amide bonds. The lowest BCUT2D eigenvalue weighted by molar-refractivity contribution is 0.295. The van der Waals surface area contributed by atoms with Gasteiger partial charge in [0.25, 0.3) is 0 Å². The molecule has 0 bridgehead atoms. The van der Waals surface area contributed by atoms with E-state index >= 15 is 0 Å². The summed E-state index contributed by atoms with van der Waals surface area (Å²) in [4.78, 5) is 8.42. The predicted octanol–water partition coefficient (Wildman–Crippen LogP) is 3.17. The van der Waals surface area contributed by atoms with Crippen molar-refractivity contribution in [1.82, 2.24) is 9.97 Å². The van der Waals surface area contributed by atoms with Gasteiger partial charge in [-0.3, -0.25) is 4.98 Å².